The third-order valence-electron chi connectivity index (χ3n) is 6.99. The molecule has 3 aromatic heterocycles. The number of anilines is 4. The van der Waals surface area contributed by atoms with Crippen LogP contribution >= 0.6 is 11.3 Å². The molecule has 2 aromatic carbocycles. The number of benzene rings is 2. The van der Waals surface area contributed by atoms with Crippen LogP contribution in [0.5, 0.6) is 5.75 Å². The molecule has 0 fully saturated rings. The van der Waals surface area contributed by atoms with Gasteiger partial charge in [-0.15, -0.1) is 11.3 Å². The van der Waals surface area contributed by atoms with Crippen LogP contribution in [0.15, 0.2) is 66.7 Å². The molecule has 212 valence electrons. The van der Waals surface area contributed by atoms with Crippen LogP contribution in [-0.2, 0) is 11.3 Å². The standard InChI is InChI=1S/C31H35N7O2S/c1-7-28(39)32-23-17-24(27(40-6)18-26(23)37(5)15-14-36(3)4)34-31-33-22-13-16-41-30(22)29(35-31)21-19-38(8-2)25-12-10-9-11-20(21)25/h7,9-13,16-19H,1,8,14-15H2,2-6H3,(H,32,39)(H,33,34,35). The van der Waals surface area contributed by atoms with Crippen LogP contribution in [0.3, 0.4) is 0 Å². The van der Waals surface area contributed by atoms with Crippen molar-refractivity contribution < 1.29 is 9.53 Å². The van der Waals surface area contributed by atoms with Gasteiger partial charge in [-0.25, -0.2) is 9.97 Å². The van der Waals surface area contributed by atoms with Gasteiger partial charge in [-0.1, -0.05) is 24.8 Å². The zero-order chi connectivity index (χ0) is 29.1. The molecule has 0 atom stereocenters. The molecule has 0 aliphatic carbocycles. The molecular weight excluding hydrogens is 534 g/mol. The molecule has 5 aromatic rings. The Morgan fingerprint density at radius 2 is 1.93 bits per heavy atom. The summed E-state index contributed by atoms with van der Waals surface area (Å²) in [5.41, 5.74) is 6.04. The summed E-state index contributed by atoms with van der Waals surface area (Å²) in [7, 11) is 7.67. The van der Waals surface area contributed by atoms with Crippen molar-refractivity contribution in [1.82, 2.24) is 19.4 Å². The number of carbonyl (C=O) groups excluding carboxylic acids is 1. The molecule has 0 aliphatic rings. The number of amides is 1. The molecule has 0 bridgehead atoms. The molecule has 1 amide bonds. The number of aromatic nitrogens is 3. The Bertz CT molecular complexity index is 1720. The van der Waals surface area contributed by atoms with Gasteiger partial charge >= 0.3 is 0 Å². The van der Waals surface area contributed by atoms with Gasteiger partial charge in [0.05, 0.1) is 40.1 Å². The van der Waals surface area contributed by atoms with E-state index in [-0.39, 0.29) is 5.91 Å². The summed E-state index contributed by atoms with van der Waals surface area (Å²) in [4.78, 5) is 26.4. The van der Waals surface area contributed by atoms with Gasteiger partial charge in [0.25, 0.3) is 0 Å². The van der Waals surface area contributed by atoms with E-state index in [9.17, 15) is 4.79 Å². The fraction of sp³-hybridized carbons (Fsp3) is 0.258. The first-order chi connectivity index (χ1) is 19.8. The second kappa shape index (κ2) is 12.0. The monoisotopic (exact) mass is 569 g/mol. The van der Waals surface area contributed by atoms with Crippen LogP contribution < -0.4 is 20.3 Å². The maximum atomic E-state index is 12.4. The van der Waals surface area contributed by atoms with Crippen LogP contribution in [0.1, 0.15) is 6.92 Å². The number of hydrogen-bond acceptors (Lipinski definition) is 8. The zero-order valence-electron chi connectivity index (χ0n) is 24.1. The van der Waals surface area contributed by atoms with Crippen molar-refractivity contribution in [3.63, 3.8) is 0 Å². The average Bonchev–Trinajstić information content (AvgIpc) is 3.60. The molecule has 3 heterocycles. The predicted molar refractivity (Wildman–Crippen MR) is 171 cm³/mol. The number of para-hydroxylation sites is 1. The number of rotatable bonds is 11. The summed E-state index contributed by atoms with van der Waals surface area (Å²) in [6, 6.07) is 14.2. The molecule has 0 saturated carbocycles. The van der Waals surface area contributed by atoms with Crippen molar-refractivity contribution >= 4 is 61.4 Å². The van der Waals surface area contributed by atoms with Crippen LogP contribution in [0.2, 0.25) is 0 Å². The van der Waals surface area contributed by atoms with E-state index < -0.39 is 0 Å². The summed E-state index contributed by atoms with van der Waals surface area (Å²) in [6.07, 6.45) is 3.42. The highest BCUT2D eigenvalue weighted by Gasteiger charge is 2.19. The van der Waals surface area contributed by atoms with Gasteiger partial charge in [0.15, 0.2) is 0 Å². The predicted octanol–water partition coefficient (Wildman–Crippen LogP) is 6.21. The van der Waals surface area contributed by atoms with Crippen LogP contribution in [-0.4, -0.2) is 66.7 Å². The average molecular weight is 570 g/mol. The highest BCUT2D eigenvalue weighted by molar-refractivity contribution is 7.17. The quantitative estimate of drug-likeness (QED) is 0.183. The van der Waals surface area contributed by atoms with Gasteiger partial charge in [0, 0.05) is 55.4 Å². The van der Waals surface area contributed by atoms with Gasteiger partial charge in [-0.05, 0) is 50.7 Å². The minimum Gasteiger partial charge on any atom is -0.494 e. The van der Waals surface area contributed by atoms with Gasteiger partial charge in [-0.3, -0.25) is 4.79 Å². The Balaban J connectivity index is 1.60. The Morgan fingerprint density at radius 3 is 2.66 bits per heavy atom. The summed E-state index contributed by atoms with van der Waals surface area (Å²) < 4.78 is 9.06. The molecule has 0 spiro atoms. The lowest BCUT2D eigenvalue weighted by Gasteiger charge is -2.26. The first-order valence-electron chi connectivity index (χ1n) is 13.4. The van der Waals surface area contributed by atoms with Crippen molar-refractivity contribution in [2.24, 2.45) is 0 Å². The number of carbonyl (C=O) groups is 1. The van der Waals surface area contributed by atoms with Gasteiger partial charge < -0.3 is 29.7 Å². The van der Waals surface area contributed by atoms with E-state index in [1.165, 1.54) is 11.6 Å². The molecule has 9 nitrogen and oxygen atoms in total. The lowest BCUT2D eigenvalue weighted by atomic mass is 10.1. The van der Waals surface area contributed by atoms with E-state index in [0.717, 1.165) is 52.2 Å². The summed E-state index contributed by atoms with van der Waals surface area (Å²) in [6.45, 7) is 8.21. The number of ether oxygens (including phenoxy) is 1. The number of likely N-dealkylation sites (N-methyl/N-ethyl adjacent to an activating group) is 2. The fourth-order valence-corrected chi connectivity index (χ4v) is 5.66. The highest BCUT2D eigenvalue weighted by atomic mass is 32.1. The maximum Gasteiger partial charge on any atom is 0.247 e. The molecule has 0 radical (unpaired) electrons. The number of nitrogens with one attached hydrogen (secondary N) is 2. The number of hydrogen-bond donors (Lipinski definition) is 2. The van der Waals surface area contributed by atoms with Gasteiger partial charge in [-0.2, -0.15) is 0 Å². The molecule has 5 rings (SSSR count). The van der Waals surface area contributed by atoms with E-state index in [4.69, 9.17) is 14.7 Å². The highest BCUT2D eigenvalue weighted by Crippen LogP contribution is 2.40. The maximum absolute atomic E-state index is 12.4. The normalized spacial score (nSPS) is 11.3. The fourth-order valence-electron chi connectivity index (χ4n) is 4.83. The van der Waals surface area contributed by atoms with Crippen molar-refractivity contribution in [3.05, 3.63) is 66.7 Å². The van der Waals surface area contributed by atoms with Crippen molar-refractivity contribution in [2.75, 3.05) is 56.9 Å². The van der Waals surface area contributed by atoms with E-state index in [1.54, 1.807) is 18.4 Å². The van der Waals surface area contributed by atoms with E-state index in [0.29, 0.717) is 23.1 Å². The molecule has 10 heteroatoms. The number of aryl methyl sites for hydroxylation is 1. The lowest BCUT2D eigenvalue weighted by molar-refractivity contribution is -0.111. The van der Waals surface area contributed by atoms with Crippen LogP contribution in [0, 0.1) is 0 Å². The van der Waals surface area contributed by atoms with E-state index in [1.807, 2.05) is 44.7 Å². The summed E-state index contributed by atoms with van der Waals surface area (Å²) in [5.74, 6) is 0.743. The Morgan fingerprint density at radius 1 is 1.12 bits per heavy atom. The number of fused-ring (bicyclic) bond motifs is 2. The summed E-state index contributed by atoms with van der Waals surface area (Å²) >= 11 is 1.63. The minimum atomic E-state index is -0.297. The molecule has 41 heavy (non-hydrogen) atoms. The smallest absolute Gasteiger partial charge is 0.247 e. The first-order valence-corrected chi connectivity index (χ1v) is 14.3. The van der Waals surface area contributed by atoms with Crippen LogP contribution in [0.25, 0.3) is 32.4 Å². The minimum absolute atomic E-state index is 0.297. The Hall–Kier alpha value is -4.41. The Labute approximate surface area is 244 Å². The molecule has 2 N–H and O–H groups in total. The Kier molecular flexibility index (Phi) is 8.23. The van der Waals surface area contributed by atoms with E-state index in [2.05, 4.69) is 69.0 Å². The van der Waals surface area contributed by atoms with Gasteiger partial charge in [0.1, 0.15) is 5.75 Å². The van der Waals surface area contributed by atoms with Crippen molar-refractivity contribution in [2.45, 2.75) is 13.5 Å². The second-order valence-corrected chi connectivity index (χ2v) is 10.9. The topological polar surface area (TPSA) is 87.5 Å². The van der Waals surface area contributed by atoms with E-state index >= 15 is 0 Å². The van der Waals surface area contributed by atoms with Crippen molar-refractivity contribution in [1.29, 1.82) is 0 Å². The van der Waals surface area contributed by atoms with Crippen LogP contribution in [0.4, 0.5) is 23.0 Å². The molecule has 0 aliphatic heterocycles. The number of nitrogens with zero attached hydrogens (tertiary/aromatic N) is 5. The number of thiophene rings is 1. The zero-order valence-corrected chi connectivity index (χ0v) is 24.9. The molecular formula is C31H35N7O2S. The largest absolute Gasteiger partial charge is 0.494 e. The lowest BCUT2D eigenvalue weighted by Crippen LogP contribution is -2.29. The second-order valence-electron chi connectivity index (χ2n) is 9.99. The molecule has 0 unspecified atom stereocenters. The summed E-state index contributed by atoms with van der Waals surface area (Å²) in [5, 5.41) is 9.51. The first kappa shape index (κ1) is 28.1. The third-order valence-corrected chi connectivity index (χ3v) is 7.90. The van der Waals surface area contributed by atoms with Gasteiger partial charge in [0.2, 0.25) is 11.9 Å². The number of methoxy groups -OCH3 is 1. The molecule has 0 saturated heterocycles. The third kappa shape index (κ3) is 5.75. The van der Waals surface area contributed by atoms with Crippen molar-refractivity contribution in [3.8, 4) is 17.0 Å². The SMILES string of the molecule is C=CC(=O)Nc1cc(Nc2nc(-c3cn(CC)c4ccccc34)c3sccc3n2)c(OC)cc1N(C)CCN(C)C.